The Bertz CT molecular complexity index is 472. The summed E-state index contributed by atoms with van der Waals surface area (Å²) in [4.78, 5) is 26.0. The van der Waals surface area contributed by atoms with Gasteiger partial charge in [-0.2, -0.15) is 0 Å². The van der Waals surface area contributed by atoms with Gasteiger partial charge < -0.3 is 19.2 Å². The molecule has 0 aliphatic heterocycles. The molecule has 0 aromatic carbocycles. The van der Waals surface area contributed by atoms with Gasteiger partial charge in [0.05, 0.1) is 26.2 Å². The van der Waals surface area contributed by atoms with E-state index >= 15 is 0 Å². The van der Waals surface area contributed by atoms with Crippen molar-refractivity contribution in [3.63, 3.8) is 0 Å². The van der Waals surface area contributed by atoms with E-state index in [1.165, 1.54) is 16.9 Å². The molecule has 0 aliphatic carbocycles. The van der Waals surface area contributed by atoms with Crippen LogP contribution in [0.1, 0.15) is 11.5 Å². The van der Waals surface area contributed by atoms with Crippen molar-refractivity contribution in [1.82, 2.24) is 9.80 Å². The molecular formula is C14H22N2O5. The smallest absolute Gasteiger partial charge is 0.317 e. The summed E-state index contributed by atoms with van der Waals surface area (Å²) in [6.07, 6.45) is 0. The molecule has 21 heavy (non-hydrogen) atoms. The largest absolute Gasteiger partial charge is 0.480 e. The first-order chi connectivity index (χ1) is 9.92. The number of furan rings is 1. The van der Waals surface area contributed by atoms with Gasteiger partial charge in [0.2, 0.25) is 5.91 Å². The minimum absolute atomic E-state index is 0.0336. The Morgan fingerprint density at radius 3 is 2.57 bits per heavy atom. The number of ether oxygens (including phenoxy) is 1. The molecule has 1 amide bonds. The van der Waals surface area contributed by atoms with Crippen LogP contribution in [0, 0.1) is 6.92 Å². The van der Waals surface area contributed by atoms with Crippen molar-refractivity contribution in [3.8, 4) is 0 Å². The van der Waals surface area contributed by atoms with Gasteiger partial charge in [-0.3, -0.25) is 14.5 Å². The van der Waals surface area contributed by atoms with Crippen molar-refractivity contribution in [2.45, 2.75) is 13.5 Å². The van der Waals surface area contributed by atoms with E-state index in [0.29, 0.717) is 25.5 Å². The van der Waals surface area contributed by atoms with E-state index in [-0.39, 0.29) is 19.0 Å². The molecule has 7 heteroatoms. The fourth-order valence-corrected chi connectivity index (χ4v) is 1.83. The number of aliphatic carboxylic acids is 1. The van der Waals surface area contributed by atoms with Crippen molar-refractivity contribution in [3.05, 3.63) is 23.7 Å². The first kappa shape index (κ1) is 17.2. The summed E-state index contributed by atoms with van der Waals surface area (Å²) in [5.41, 5.74) is 0. The van der Waals surface area contributed by atoms with E-state index in [9.17, 15) is 9.59 Å². The second-order valence-electron chi connectivity index (χ2n) is 4.86. The van der Waals surface area contributed by atoms with Crippen LogP contribution in [0.25, 0.3) is 0 Å². The number of rotatable bonds is 9. The number of hydrogen-bond acceptors (Lipinski definition) is 5. The summed E-state index contributed by atoms with van der Waals surface area (Å²) in [5, 5.41) is 8.85. The zero-order valence-corrected chi connectivity index (χ0v) is 12.7. The lowest BCUT2D eigenvalue weighted by Gasteiger charge is -2.23. The molecule has 0 radical (unpaired) electrons. The van der Waals surface area contributed by atoms with Crippen molar-refractivity contribution in [2.24, 2.45) is 0 Å². The Hall–Kier alpha value is -1.86. The maximum Gasteiger partial charge on any atom is 0.317 e. The highest BCUT2D eigenvalue weighted by molar-refractivity contribution is 5.78. The van der Waals surface area contributed by atoms with Crippen LogP contribution in [0.3, 0.4) is 0 Å². The Morgan fingerprint density at radius 1 is 1.33 bits per heavy atom. The quantitative estimate of drug-likeness (QED) is 0.718. The van der Waals surface area contributed by atoms with Crippen LogP contribution < -0.4 is 0 Å². The van der Waals surface area contributed by atoms with Gasteiger partial charge in [-0.1, -0.05) is 0 Å². The molecule has 118 valence electrons. The van der Waals surface area contributed by atoms with Gasteiger partial charge >= 0.3 is 5.97 Å². The lowest BCUT2D eigenvalue weighted by Crippen LogP contribution is -2.41. The normalized spacial score (nSPS) is 10.9. The molecule has 7 nitrogen and oxygen atoms in total. The first-order valence-corrected chi connectivity index (χ1v) is 6.64. The molecule has 0 unspecified atom stereocenters. The SMILES string of the molecule is COCCN(CC(=O)O)CC(=O)N(C)Cc1ccc(C)o1. The predicted molar refractivity (Wildman–Crippen MR) is 75.9 cm³/mol. The maximum absolute atomic E-state index is 12.1. The number of carboxylic acid groups (broad SMARTS) is 1. The zero-order chi connectivity index (χ0) is 15.8. The number of nitrogens with zero attached hydrogens (tertiary/aromatic N) is 2. The third kappa shape index (κ3) is 6.42. The molecular weight excluding hydrogens is 276 g/mol. The third-order valence-electron chi connectivity index (χ3n) is 2.94. The highest BCUT2D eigenvalue weighted by Crippen LogP contribution is 2.08. The van der Waals surface area contributed by atoms with Gasteiger partial charge in [0.1, 0.15) is 11.5 Å². The molecule has 0 bridgehead atoms. The Kier molecular flexibility index (Phi) is 6.90. The number of methoxy groups -OCH3 is 1. The van der Waals surface area contributed by atoms with E-state index in [4.69, 9.17) is 14.3 Å². The lowest BCUT2D eigenvalue weighted by atomic mass is 10.3. The minimum Gasteiger partial charge on any atom is -0.480 e. The average Bonchev–Trinajstić information content (AvgIpc) is 2.80. The summed E-state index contributed by atoms with van der Waals surface area (Å²) >= 11 is 0. The summed E-state index contributed by atoms with van der Waals surface area (Å²) in [6, 6.07) is 3.65. The van der Waals surface area contributed by atoms with Crippen molar-refractivity contribution in [1.29, 1.82) is 0 Å². The fourth-order valence-electron chi connectivity index (χ4n) is 1.83. The van der Waals surface area contributed by atoms with Gasteiger partial charge in [-0.25, -0.2) is 0 Å². The highest BCUT2D eigenvalue weighted by atomic mass is 16.5. The molecule has 1 aromatic heterocycles. The van der Waals surface area contributed by atoms with Crippen LogP contribution in [-0.4, -0.2) is 67.2 Å². The molecule has 1 heterocycles. The van der Waals surface area contributed by atoms with Crippen LogP contribution in [0.4, 0.5) is 0 Å². The van der Waals surface area contributed by atoms with Gasteiger partial charge in [0.25, 0.3) is 0 Å². The van der Waals surface area contributed by atoms with Crippen LogP contribution >= 0.6 is 0 Å². The van der Waals surface area contributed by atoms with E-state index in [1.54, 1.807) is 7.05 Å². The van der Waals surface area contributed by atoms with E-state index in [1.807, 2.05) is 19.1 Å². The fraction of sp³-hybridized carbons (Fsp3) is 0.571. The summed E-state index contributed by atoms with van der Waals surface area (Å²) in [7, 11) is 3.20. The molecule has 1 aromatic rings. The second kappa shape index (κ2) is 8.43. The van der Waals surface area contributed by atoms with E-state index < -0.39 is 5.97 Å². The van der Waals surface area contributed by atoms with Crippen LogP contribution in [0.2, 0.25) is 0 Å². The number of likely N-dealkylation sites (N-methyl/N-ethyl adjacent to an activating group) is 1. The zero-order valence-electron chi connectivity index (χ0n) is 12.7. The average molecular weight is 298 g/mol. The van der Waals surface area contributed by atoms with Crippen LogP contribution in [0.15, 0.2) is 16.5 Å². The van der Waals surface area contributed by atoms with E-state index in [2.05, 4.69) is 0 Å². The number of carbonyl (C=O) groups excluding carboxylic acids is 1. The first-order valence-electron chi connectivity index (χ1n) is 6.64. The highest BCUT2D eigenvalue weighted by Gasteiger charge is 2.17. The molecule has 1 N–H and O–H groups in total. The standard InChI is InChI=1S/C14H22N2O5/c1-11-4-5-12(21-11)8-15(2)13(17)9-16(6-7-20-3)10-14(18)19/h4-5H,6-10H2,1-3H3,(H,18,19). The van der Waals surface area contributed by atoms with Crippen molar-refractivity contribution >= 4 is 11.9 Å². The summed E-state index contributed by atoms with van der Waals surface area (Å²) in [6.45, 7) is 2.81. The molecule has 0 saturated heterocycles. The molecule has 0 spiro atoms. The van der Waals surface area contributed by atoms with Gasteiger partial charge in [-0.15, -0.1) is 0 Å². The number of amides is 1. The number of hydrogen-bond donors (Lipinski definition) is 1. The van der Waals surface area contributed by atoms with Gasteiger partial charge in [0, 0.05) is 20.7 Å². The Balaban J connectivity index is 2.52. The maximum atomic E-state index is 12.1. The third-order valence-corrected chi connectivity index (χ3v) is 2.94. The van der Waals surface area contributed by atoms with Crippen molar-refractivity contribution < 1.29 is 23.8 Å². The Morgan fingerprint density at radius 2 is 2.05 bits per heavy atom. The molecule has 0 saturated carbocycles. The lowest BCUT2D eigenvalue weighted by molar-refractivity contribution is -0.139. The van der Waals surface area contributed by atoms with Crippen molar-refractivity contribution in [2.75, 3.05) is 40.4 Å². The number of carboxylic acids is 1. The number of aryl methyl sites for hydroxylation is 1. The monoisotopic (exact) mass is 298 g/mol. The van der Waals surface area contributed by atoms with Gasteiger partial charge in [0.15, 0.2) is 0 Å². The number of carbonyl (C=O) groups is 2. The summed E-state index contributed by atoms with van der Waals surface area (Å²) < 4.78 is 10.3. The van der Waals surface area contributed by atoms with Gasteiger partial charge in [-0.05, 0) is 19.1 Å². The van der Waals surface area contributed by atoms with E-state index in [0.717, 1.165) is 5.76 Å². The summed E-state index contributed by atoms with van der Waals surface area (Å²) in [5.74, 6) is 0.355. The van der Waals surface area contributed by atoms with Crippen LogP contribution in [-0.2, 0) is 20.9 Å². The molecule has 0 atom stereocenters. The topological polar surface area (TPSA) is 83.2 Å². The molecule has 1 rings (SSSR count). The second-order valence-corrected chi connectivity index (χ2v) is 4.86. The molecule has 0 aliphatic rings. The predicted octanol–water partition coefficient (Wildman–Crippen LogP) is 0.579. The minimum atomic E-state index is -0.969. The Labute approximate surface area is 124 Å². The van der Waals surface area contributed by atoms with Crippen LogP contribution in [0.5, 0.6) is 0 Å². The molecule has 0 fully saturated rings.